The molecule has 1 N–H and O–H groups in total. The van der Waals surface area contributed by atoms with Crippen LogP contribution in [0.5, 0.6) is 0 Å². The van der Waals surface area contributed by atoms with Crippen LogP contribution in [0.2, 0.25) is 0 Å². The summed E-state index contributed by atoms with van der Waals surface area (Å²) in [4.78, 5) is 37.5. The van der Waals surface area contributed by atoms with Gasteiger partial charge in [0.2, 0.25) is 0 Å². The van der Waals surface area contributed by atoms with Crippen LogP contribution in [0.15, 0.2) is 158 Å². The van der Waals surface area contributed by atoms with E-state index in [2.05, 4.69) is 172 Å². The number of ether oxygens (including phenoxy) is 4. The van der Waals surface area contributed by atoms with E-state index in [-0.39, 0.29) is 38.6 Å². The maximum absolute atomic E-state index is 12.9. The van der Waals surface area contributed by atoms with E-state index in [0.29, 0.717) is 17.4 Å². The summed E-state index contributed by atoms with van der Waals surface area (Å²) in [6.07, 6.45) is 93.4. The van der Waals surface area contributed by atoms with Gasteiger partial charge in [0.1, 0.15) is 13.2 Å². The molecule has 0 radical (unpaired) electrons. The number of likely N-dealkylation sites (N-methyl/N-ethyl adjacent to an activating group) is 1. The Labute approximate surface area is 521 Å². The van der Waals surface area contributed by atoms with Crippen molar-refractivity contribution in [1.29, 1.82) is 0 Å². The van der Waals surface area contributed by atoms with Gasteiger partial charge in [-0.15, -0.1) is 0 Å². The van der Waals surface area contributed by atoms with Gasteiger partial charge in [0.15, 0.2) is 6.10 Å². The standard InChI is InChI=1S/C76H123NO8/c1-6-8-10-12-14-16-18-20-22-24-26-27-28-29-30-31-32-33-34-35-36-37-38-39-40-41-42-43-44-45-46-47-49-51-53-55-57-59-61-63-65-67-74(79)85-72(71-84-76(75(80)81)82-69-68-77(3,4)5)70-83-73(78)66-64-62-60-58-56-54-52-50-48-25-23-21-19-17-15-13-11-9-7-2/h8,10,14,16,20-23,26-27,29-30,32-33,35-36,38-39,41-42,44-45,47,49,53,55,72,76H,6-7,9,11-13,15,17-19,24-25,28,31,34,37,40,43,46,48,50-52,54,56-71H2,1-5H3/p+1/b10-8-,16-14-,22-20-,23-21-,27-26-,30-29-,33-32-,36-35-,39-38-,42-41-,45-44-,49-47-,55-53-. The lowest BCUT2D eigenvalue weighted by Gasteiger charge is -2.25. The van der Waals surface area contributed by atoms with E-state index < -0.39 is 24.3 Å². The van der Waals surface area contributed by atoms with Gasteiger partial charge in [0, 0.05) is 12.8 Å². The number of hydrogen-bond donors (Lipinski definition) is 1. The van der Waals surface area contributed by atoms with E-state index >= 15 is 0 Å². The summed E-state index contributed by atoms with van der Waals surface area (Å²) in [6.45, 7) is 4.72. The van der Waals surface area contributed by atoms with Crippen molar-refractivity contribution in [3.8, 4) is 0 Å². The lowest BCUT2D eigenvalue weighted by molar-refractivity contribution is -0.870. The predicted molar refractivity (Wildman–Crippen MR) is 363 cm³/mol. The number of carbonyl (C=O) groups is 3. The third kappa shape index (κ3) is 66.3. The van der Waals surface area contributed by atoms with Crippen LogP contribution in [0.4, 0.5) is 0 Å². The molecule has 0 fully saturated rings. The van der Waals surface area contributed by atoms with Crippen molar-refractivity contribution in [3.05, 3.63) is 158 Å². The molecule has 0 aliphatic rings. The summed E-state index contributed by atoms with van der Waals surface area (Å²) < 4.78 is 22.9. The third-order valence-corrected chi connectivity index (χ3v) is 13.8. The number of carboxylic acid groups (broad SMARTS) is 1. The quantitative estimate of drug-likeness (QED) is 0.0211. The molecule has 0 aromatic heterocycles. The SMILES string of the molecule is CC/C=C\C/C=C\C/C=C\C/C=C\C/C=C\C/C=C\C/C=C\C/C=C\C/C=C\C/C=C\C/C=C\C/C=C\CCCCCCC(=O)OC(COC(=O)CCCCCCCCCCC/C=C\CCCCCCCC)COC(OCC[N+](C)(C)C)C(=O)O. The first-order valence-electron chi connectivity index (χ1n) is 33.6. The fourth-order valence-electron chi connectivity index (χ4n) is 8.64. The molecular weight excluding hydrogens is 1050 g/mol. The summed E-state index contributed by atoms with van der Waals surface area (Å²) in [5.74, 6) is -2.06. The number of allylic oxidation sites excluding steroid dienone is 26. The van der Waals surface area contributed by atoms with Gasteiger partial charge in [-0.05, 0) is 128 Å². The Hall–Kier alpha value is -5.09. The topological polar surface area (TPSA) is 108 Å². The molecule has 0 aliphatic carbocycles. The zero-order chi connectivity index (χ0) is 61.9. The van der Waals surface area contributed by atoms with E-state index in [1.807, 2.05) is 21.1 Å². The lowest BCUT2D eigenvalue weighted by Crippen LogP contribution is -2.40. The van der Waals surface area contributed by atoms with Gasteiger partial charge in [-0.25, -0.2) is 4.79 Å². The maximum atomic E-state index is 12.9. The van der Waals surface area contributed by atoms with E-state index in [1.165, 1.54) is 89.9 Å². The Morgan fingerprint density at radius 2 is 0.671 bits per heavy atom. The Balaban J connectivity index is 4.25. The summed E-state index contributed by atoms with van der Waals surface area (Å²) in [5, 5.41) is 9.73. The van der Waals surface area contributed by atoms with E-state index in [0.717, 1.165) is 122 Å². The molecule has 85 heavy (non-hydrogen) atoms. The van der Waals surface area contributed by atoms with Gasteiger partial charge < -0.3 is 28.5 Å². The van der Waals surface area contributed by atoms with E-state index in [9.17, 15) is 19.5 Å². The first kappa shape index (κ1) is 79.9. The minimum absolute atomic E-state index is 0.174. The monoisotopic (exact) mass is 1180 g/mol. The second kappa shape index (κ2) is 64.9. The number of quaternary nitrogens is 1. The predicted octanol–water partition coefficient (Wildman–Crippen LogP) is 20.9. The highest BCUT2D eigenvalue weighted by Crippen LogP contribution is 2.15. The van der Waals surface area contributed by atoms with Gasteiger partial charge >= 0.3 is 17.9 Å². The Morgan fingerprint density at radius 1 is 0.365 bits per heavy atom. The molecule has 9 nitrogen and oxygen atoms in total. The Bertz CT molecular complexity index is 1950. The van der Waals surface area contributed by atoms with Crippen LogP contribution < -0.4 is 0 Å². The first-order valence-corrected chi connectivity index (χ1v) is 33.6. The number of hydrogen-bond acceptors (Lipinski definition) is 7. The normalized spacial score (nSPS) is 13.8. The molecule has 0 rings (SSSR count). The van der Waals surface area contributed by atoms with Gasteiger partial charge in [0.05, 0.1) is 34.4 Å². The van der Waals surface area contributed by atoms with Gasteiger partial charge in [0.25, 0.3) is 6.29 Å². The average molecular weight is 1180 g/mol. The van der Waals surface area contributed by atoms with Crippen LogP contribution in [0.1, 0.15) is 245 Å². The number of unbranched alkanes of at least 4 members (excludes halogenated alkanes) is 19. The fraction of sp³-hybridized carbons (Fsp3) is 0.618. The second-order valence-corrected chi connectivity index (χ2v) is 23.0. The second-order valence-electron chi connectivity index (χ2n) is 23.0. The minimum Gasteiger partial charge on any atom is -0.477 e. The van der Waals surface area contributed by atoms with Crippen molar-refractivity contribution in [3.63, 3.8) is 0 Å². The summed E-state index contributed by atoms with van der Waals surface area (Å²) in [7, 11) is 5.95. The number of nitrogens with zero attached hydrogens (tertiary/aromatic N) is 1. The zero-order valence-electron chi connectivity index (χ0n) is 54.7. The van der Waals surface area contributed by atoms with Gasteiger partial charge in [-0.1, -0.05) is 262 Å². The summed E-state index contributed by atoms with van der Waals surface area (Å²) in [5.41, 5.74) is 0. The first-order chi connectivity index (χ1) is 41.6. The highest BCUT2D eigenvalue weighted by atomic mass is 16.7. The molecule has 9 heteroatoms. The molecule has 0 heterocycles. The van der Waals surface area contributed by atoms with Crippen LogP contribution in [-0.2, 0) is 33.3 Å². The number of carboxylic acids is 1. The number of rotatable bonds is 60. The highest BCUT2D eigenvalue weighted by Gasteiger charge is 2.25. The molecule has 2 unspecified atom stereocenters. The van der Waals surface area contributed by atoms with Crippen LogP contribution in [-0.4, -0.2) is 87.4 Å². The average Bonchev–Trinajstić information content (AvgIpc) is 3.49. The van der Waals surface area contributed by atoms with E-state index in [1.54, 1.807) is 0 Å². The van der Waals surface area contributed by atoms with Crippen LogP contribution in [0.3, 0.4) is 0 Å². The smallest absolute Gasteiger partial charge is 0.361 e. The molecule has 2 atom stereocenters. The van der Waals surface area contributed by atoms with Crippen molar-refractivity contribution in [2.45, 2.75) is 257 Å². The van der Waals surface area contributed by atoms with Crippen LogP contribution in [0, 0.1) is 0 Å². The van der Waals surface area contributed by atoms with Gasteiger partial charge in [-0.2, -0.15) is 0 Å². The molecular formula is C76H124NO8+. The highest BCUT2D eigenvalue weighted by molar-refractivity contribution is 5.71. The molecule has 0 aromatic rings. The Kier molecular flexibility index (Phi) is 61.0. The van der Waals surface area contributed by atoms with Crippen molar-refractivity contribution in [2.75, 3.05) is 47.5 Å². The van der Waals surface area contributed by atoms with Gasteiger partial charge in [-0.3, -0.25) is 9.59 Å². The van der Waals surface area contributed by atoms with Crippen molar-refractivity contribution < 1.29 is 42.9 Å². The summed E-state index contributed by atoms with van der Waals surface area (Å²) in [6, 6.07) is 0. The number of esters is 2. The van der Waals surface area contributed by atoms with Crippen LogP contribution in [0.25, 0.3) is 0 Å². The molecule has 0 saturated heterocycles. The van der Waals surface area contributed by atoms with E-state index in [4.69, 9.17) is 18.9 Å². The molecule has 480 valence electrons. The van der Waals surface area contributed by atoms with Crippen molar-refractivity contribution in [2.24, 2.45) is 0 Å². The molecule has 0 bridgehead atoms. The third-order valence-electron chi connectivity index (χ3n) is 13.8. The lowest BCUT2D eigenvalue weighted by atomic mass is 10.1. The zero-order valence-corrected chi connectivity index (χ0v) is 54.7. The summed E-state index contributed by atoms with van der Waals surface area (Å²) >= 11 is 0. The largest absolute Gasteiger partial charge is 0.477 e. The molecule has 0 aliphatic heterocycles. The Morgan fingerprint density at radius 3 is 1.01 bits per heavy atom. The molecule has 0 amide bonds. The molecule has 0 aromatic carbocycles. The fourth-order valence-corrected chi connectivity index (χ4v) is 8.64. The molecule has 0 saturated carbocycles. The minimum atomic E-state index is -1.53. The van der Waals surface area contributed by atoms with Crippen molar-refractivity contribution in [1.82, 2.24) is 0 Å². The number of aliphatic carboxylic acids is 1. The molecule has 0 spiro atoms. The number of carbonyl (C=O) groups excluding carboxylic acids is 2. The maximum Gasteiger partial charge on any atom is 0.361 e. The van der Waals surface area contributed by atoms with Crippen molar-refractivity contribution >= 4 is 17.9 Å². The van der Waals surface area contributed by atoms with Crippen LogP contribution >= 0.6 is 0 Å².